The molecule has 2 aromatic rings. The van der Waals surface area contributed by atoms with Crippen molar-refractivity contribution >= 4 is 27.5 Å². The summed E-state index contributed by atoms with van der Waals surface area (Å²) in [7, 11) is 1.62. The van der Waals surface area contributed by atoms with Crippen LogP contribution in [0.1, 0.15) is 10.5 Å². The van der Waals surface area contributed by atoms with Gasteiger partial charge in [0.15, 0.2) is 0 Å². The van der Waals surface area contributed by atoms with Crippen LogP contribution in [0.5, 0.6) is 0 Å². The third-order valence-electron chi connectivity index (χ3n) is 1.71. The van der Waals surface area contributed by atoms with E-state index < -0.39 is 0 Å². The third kappa shape index (κ3) is 1.00. The topological polar surface area (TPSA) is 44.9 Å². The van der Waals surface area contributed by atoms with Crippen LogP contribution in [0.3, 0.4) is 0 Å². The van der Waals surface area contributed by atoms with E-state index in [0.29, 0.717) is 5.69 Å². The molecule has 62 valence electrons. The van der Waals surface area contributed by atoms with Crippen LogP contribution in [0.25, 0.3) is 10.2 Å². The van der Waals surface area contributed by atoms with Crippen LogP contribution in [0.2, 0.25) is 0 Å². The molecule has 0 atom stereocenters. The molecule has 0 bridgehead atoms. The number of thiophene rings is 1. The molecule has 0 saturated heterocycles. The van der Waals surface area contributed by atoms with Gasteiger partial charge in [0.25, 0.3) is 5.91 Å². The first-order valence-electron chi connectivity index (χ1n) is 3.59. The summed E-state index contributed by atoms with van der Waals surface area (Å²) in [5.74, 6) is -0.0709. The maximum absolute atomic E-state index is 11.1. The number of hydrogen-bond acceptors (Lipinski definition) is 2. The summed E-state index contributed by atoms with van der Waals surface area (Å²) >= 11 is 1.62. The van der Waals surface area contributed by atoms with Crippen LogP contribution >= 0.6 is 11.3 Å². The average molecular weight is 180 g/mol. The van der Waals surface area contributed by atoms with Gasteiger partial charge in [-0.05, 0) is 17.5 Å². The molecule has 0 unspecified atom stereocenters. The molecule has 0 aliphatic rings. The molecule has 0 spiro atoms. The molecule has 0 saturated carbocycles. The summed E-state index contributed by atoms with van der Waals surface area (Å²) in [5.41, 5.74) is 1.65. The Morgan fingerprint density at radius 3 is 3.17 bits per heavy atom. The lowest BCUT2D eigenvalue weighted by Crippen LogP contribution is -2.17. The number of fused-ring (bicyclic) bond motifs is 1. The number of carbonyl (C=O) groups excluding carboxylic acids is 1. The van der Waals surface area contributed by atoms with E-state index in [1.165, 1.54) is 0 Å². The van der Waals surface area contributed by atoms with E-state index in [0.717, 1.165) is 10.2 Å². The van der Waals surface area contributed by atoms with Crippen LogP contribution in [0.15, 0.2) is 17.5 Å². The van der Waals surface area contributed by atoms with Gasteiger partial charge in [-0.3, -0.25) is 4.79 Å². The zero-order valence-electron chi connectivity index (χ0n) is 6.55. The second kappa shape index (κ2) is 2.64. The number of carbonyl (C=O) groups is 1. The normalized spacial score (nSPS) is 10.4. The quantitative estimate of drug-likeness (QED) is 0.687. The second-order valence-corrected chi connectivity index (χ2v) is 3.41. The van der Waals surface area contributed by atoms with Crippen molar-refractivity contribution in [3.05, 3.63) is 23.2 Å². The summed E-state index contributed by atoms with van der Waals surface area (Å²) in [6.45, 7) is 0. The number of aromatic amines is 1. The van der Waals surface area contributed by atoms with Crippen LogP contribution in [0, 0.1) is 0 Å². The van der Waals surface area contributed by atoms with Crippen molar-refractivity contribution in [3.63, 3.8) is 0 Å². The Morgan fingerprint density at radius 2 is 2.50 bits per heavy atom. The highest BCUT2D eigenvalue weighted by Crippen LogP contribution is 2.20. The smallest absolute Gasteiger partial charge is 0.267 e. The Balaban J connectivity index is 2.51. The molecule has 0 aliphatic carbocycles. The predicted octanol–water partition coefficient (Wildman–Crippen LogP) is 1.59. The van der Waals surface area contributed by atoms with Crippen molar-refractivity contribution in [2.45, 2.75) is 0 Å². The van der Waals surface area contributed by atoms with Crippen molar-refractivity contribution in [2.24, 2.45) is 0 Å². The molecule has 0 fully saturated rings. The maximum Gasteiger partial charge on any atom is 0.267 e. The van der Waals surface area contributed by atoms with E-state index in [-0.39, 0.29) is 5.91 Å². The Labute approximate surface area is 73.4 Å². The van der Waals surface area contributed by atoms with Crippen molar-refractivity contribution < 1.29 is 4.79 Å². The number of nitrogens with one attached hydrogen (secondary N) is 2. The monoisotopic (exact) mass is 180 g/mol. The molecule has 0 aliphatic heterocycles. The lowest BCUT2D eigenvalue weighted by Gasteiger charge is -1.92. The summed E-state index contributed by atoms with van der Waals surface area (Å²) in [6.07, 6.45) is 0. The van der Waals surface area contributed by atoms with Crippen LogP contribution in [0.4, 0.5) is 0 Å². The Hall–Kier alpha value is -1.29. The number of aromatic nitrogens is 1. The fourth-order valence-electron chi connectivity index (χ4n) is 1.11. The van der Waals surface area contributed by atoms with Gasteiger partial charge in [0.05, 0.1) is 10.2 Å². The molecular weight excluding hydrogens is 172 g/mol. The maximum atomic E-state index is 11.1. The lowest BCUT2D eigenvalue weighted by molar-refractivity contribution is 0.0959. The molecule has 1 amide bonds. The standard InChI is InChI=1S/C8H8N2OS/c1-9-8(11)6-4-7-5(10-6)2-3-12-7/h2-4,10H,1H3,(H,9,11). The highest BCUT2D eigenvalue weighted by atomic mass is 32.1. The number of H-pyrrole nitrogens is 1. The Kier molecular flexibility index (Phi) is 1.62. The van der Waals surface area contributed by atoms with E-state index in [1.54, 1.807) is 18.4 Å². The van der Waals surface area contributed by atoms with E-state index in [4.69, 9.17) is 0 Å². The van der Waals surface area contributed by atoms with E-state index in [1.807, 2.05) is 17.5 Å². The highest BCUT2D eigenvalue weighted by Gasteiger charge is 2.06. The van der Waals surface area contributed by atoms with Crippen molar-refractivity contribution in [3.8, 4) is 0 Å². The number of amides is 1. The Bertz CT molecular complexity index is 387. The molecule has 2 aromatic heterocycles. The van der Waals surface area contributed by atoms with E-state index in [9.17, 15) is 4.79 Å². The molecule has 4 heteroatoms. The first kappa shape index (κ1) is 7.36. The van der Waals surface area contributed by atoms with Gasteiger partial charge in [-0.2, -0.15) is 0 Å². The van der Waals surface area contributed by atoms with Crippen molar-refractivity contribution in [2.75, 3.05) is 7.05 Å². The summed E-state index contributed by atoms with van der Waals surface area (Å²) < 4.78 is 1.12. The van der Waals surface area contributed by atoms with Gasteiger partial charge in [-0.1, -0.05) is 0 Å². The molecule has 2 heterocycles. The van der Waals surface area contributed by atoms with Gasteiger partial charge in [0.1, 0.15) is 5.69 Å². The minimum atomic E-state index is -0.0709. The van der Waals surface area contributed by atoms with Gasteiger partial charge in [0, 0.05) is 7.05 Å². The second-order valence-electron chi connectivity index (χ2n) is 2.46. The summed E-state index contributed by atoms with van der Waals surface area (Å²) in [6, 6.07) is 3.82. The first-order valence-corrected chi connectivity index (χ1v) is 4.47. The molecular formula is C8H8N2OS. The van der Waals surface area contributed by atoms with Crippen LogP contribution in [-0.4, -0.2) is 17.9 Å². The van der Waals surface area contributed by atoms with Gasteiger partial charge >= 0.3 is 0 Å². The van der Waals surface area contributed by atoms with Gasteiger partial charge in [-0.15, -0.1) is 11.3 Å². The molecule has 2 rings (SSSR count). The molecule has 12 heavy (non-hydrogen) atoms. The highest BCUT2D eigenvalue weighted by molar-refractivity contribution is 7.17. The summed E-state index contributed by atoms with van der Waals surface area (Å²) in [5, 5.41) is 4.56. The molecule has 2 N–H and O–H groups in total. The van der Waals surface area contributed by atoms with Crippen LogP contribution in [-0.2, 0) is 0 Å². The third-order valence-corrected chi connectivity index (χ3v) is 2.58. The largest absolute Gasteiger partial charge is 0.354 e. The van der Waals surface area contributed by atoms with Gasteiger partial charge in [0.2, 0.25) is 0 Å². The zero-order chi connectivity index (χ0) is 8.55. The zero-order valence-corrected chi connectivity index (χ0v) is 7.37. The molecule has 0 radical (unpaired) electrons. The number of hydrogen-bond donors (Lipinski definition) is 2. The number of rotatable bonds is 1. The minimum absolute atomic E-state index is 0.0709. The van der Waals surface area contributed by atoms with E-state index >= 15 is 0 Å². The van der Waals surface area contributed by atoms with Gasteiger partial charge < -0.3 is 10.3 Å². The first-order chi connectivity index (χ1) is 5.81. The average Bonchev–Trinajstić information content (AvgIpc) is 2.60. The minimum Gasteiger partial charge on any atom is -0.354 e. The van der Waals surface area contributed by atoms with Crippen LogP contribution < -0.4 is 5.32 Å². The predicted molar refractivity (Wildman–Crippen MR) is 49.6 cm³/mol. The fourth-order valence-corrected chi connectivity index (χ4v) is 1.89. The fraction of sp³-hybridized carbons (Fsp3) is 0.125. The van der Waals surface area contributed by atoms with Crippen molar-refractivity contribution in [1.29, 1.82) is 0 Å². The summed E-state index contributed by atoms with van der Waals surface area (Å²) in [4.78, 5) is 14.2. The molecule has 3 nitrogen and oxygen atoms in total. The van der Waals surface area contributed by atoms with E-state index in [2.05, 4.69) is 10.3 Å². The SMILES string of the molecule is CNC(=O)c1cc2sccc2[nH]1. The molecule has 0 aromatic carbocycles. The lowest BCUT2D eigenvalue weighted by atomic mass is 10.4. The van der Waals surface area contributed by atoms with Crippen molar-refractivity contribution in [1.82, 2.24) is 10.3 Å². The Morgan fingerprint density at radius 1 is 1.67 bits per heavy atom. The van der Waals surface area contributed by atoms with Gasteiger partial charge in [-0.25, -0.2) is 0 Å².